The van der Waals surface area contributed by atoms with Crippen LogP contribution in [0.15, 0.2) is 12.1 Å². The molecule has 0 atom stereocenters. The van der Waals surface area contributed by atoms with Gasteiger partial charge in [0.15, 0.2) is 0 Å². The zero-order chi connectivity index (χ0) is 13.3. The van der Waals surface area contributed by atoms with Gasteiger partial charge in [-0.15, -0.1) is 0 Å². The van der Waals surface area contributed by atoms with Crippen molar-refractivity contribution in [2.24, 2.45) is 0 Å². The van der Waals surface area contributed by atoms with Gasteiger partial charge < -0.3 is 10.0 Å². The lowest BCUT2D eigenvalue weighted by molar-refractivity contribution is -0.0152. The molecule has 1 aromatic carbocycles. The maximum atomic E-state index is 10.7. The van der Waals surface area contributed by atoms with Crippen molar-refractivity contribution in [2.75, 3.05) is 20.1 Å². The Hall–Kier alpha value is -0.860. The van der Waals surface area contributed by atoms with Gasteiger partial charge in [-0.1, -0.05) is 17.7 Å². The summed E-state index contributed by atoms with van der Waals surface area (Å²) in [4.78, 5) is 2.29. The molecule has 0 saturated carbocycles. The van der Waals surface area contributed by atoms with Crippen molar-refractivity contribution in [1.82, 2.24) is 4.90 Å². The average molecular weight is 247 g/mol. The molecule has 1 aliphatic heterocycles. The third-order valence-corrected chi connectivity index (χ3v) is 4.26. The number of hydrogen-bond acceptors (Lipinski definition) is 2. The Balaban J connectivity index is 2.19. The van der Waals surface area contributed by atoms with Crippen LogP contribution in [-0.2, 0) is 6.42 Å². The van der Waals surface area contributed by atoms with Gasteiger partial charge in [0, 0.05) is 19.5 Å². The summed E-state index contributed by atoms with van der Waals surface area (Å²) in [5, 5.41) is 10.7. The molecule has 0 radical (unpaired) electrons. The van der Waals surface area contributed by atoms with E-state index in [1.807, 2.05) is 0 Å². The zero-order valence-electron chi connectivity index (χ0n) is 12.1. The molecule has 1 N–H and O–H groups in total. The number of rotatable bonds is 2. The lowest BCUT2D eigenvalue weighted by Crippen LogP contribution is -2.44. The van der Waals surface area contributed by atoms with Crippen molar-refractivity contribution in [3.63, 3.8) is 0 Å². The van der Waals surface area contributed by atoms with Crippen molar-refractivity contribution >= 4 is 0 Å². The monoisotopic (exact) mass is 247 g/mol. The Labute approximate surface area is 111 Å². The quantitative estimate of drug-likeness (QED) is 0.868. The topological polar surface area (TPSA) is 23.5 Å². The highest BCUT2D eigenvalue weighted by Gasteiger charge is 2.32. The van der Waals surface area contributed by atoms with Crippen LogP contribution in [0.25, 0.3) is 0 Å². The first-order valence-corrected chi connectivity index (χ1v) is 6.87. The van der Waals surface area contributed by atoms with Crippen molar-refractivity contribution in [3.8, 4) is 0 Å². The van der Waals surface area contributed by atoms with Crippen LogP contribution in [-0.4, -0.2) is 35.7 Å². The molecule has 1 heterocycles. The minimum atomic E-state index is -0.503. The molecular weight excluding hydrogens is 222 g/mol. The van der Waals surface area contributed by atoms with E-state index in [0.717, 1.165) is 32.4 Å². The summed E-state index contributed by atoms with van der Waals surface area (Å²) in [7, 11) is 2.13. The van der Waals surface area contributed by atoms with E-state index in [1.54, 1.807) is 0 Å². The summed E-state index contributed by atoms with van der Waals surface area (Å²) >= 11 is 0. The molecule has 0 aromatic heterocycles. The van der Waals surface area contributed by atoms with Crippen LogP contribution in [0.1, 0.15) is 35.1 Å². The fourth-order valence-corrected chi connectivity index (χ4v) is 3.03. The van der Waals surface area contributed by atoms with Crippen molar-refractivity contribution in [2.45, 2.75) is 45.6 Å². The number of likely N-dealkylation sites (tertiary alicyclic amines) is 1. The van der Waals surface area contributed by atoms with Crippen LogP contribution in [0.3, 0.4) is 0 Å². The molecule has 0 bridgehead atoms. The lowest BCUT2D eigenvalue weighted by atomic mass is 9.82. The Kier molecular flexibility index (Phi) is 3.79. The largest absolute Gasteiger partial charge is 0.389 e. The third kappa shape index (κ3) is 2.93. The number of aryl methyl sites for hydroxylation is 3. The second-order valence-corrected chi connectivity index (χ2v) is 6.08. The highest BCUT2D eigenvalue weighted by molar-refractivity contribution is 5.38. The first-order valence-electron chi connectivity index (χ1n) is 6.87. The summed E-state index contributed by atoms with van der Waals surface area (Å²) < 4.78 is 0. The molecule has 1 saturated heterocycles. The molecule has 0 unspecified atom stereocenters. The average Bonchev–Trinajstić information content (AvgIpc) is 2.28. The van der Waals surface area contributed by atoms with E-state index in [4.69, 9.17) is 0 Å². The van der Waals surface area contributed by atoms with Gasteiger partial charge in [-0.25, -0.2) is 0 Å². The van der Waals surface area contributed by atoms with Crippen molar-refractivity contribution in [1.29, 1.82) is 0 Å². The molecule has 2 rings (SSSR count). The molecule has 18 heavy (non-hydrogen) atoms. The molecule has 100 valence electrons. The predicted molar refractivity (Wildman–Crippen MR) is 76.0 cm³/mol. The maximum absolute atomic E-state index is 10.7. The summed E-state index contributed by atoms with van der Waals surface area (Å²) in [6, 6.07) is 4.45. The Morgan fingerprint density at radius 2 is 1.61 bits per heavy atom. The molecule has 0 aliphatic carbocycles. The first kappa shape index (κ1) is 13.6. The third-order valence-electron chi connectivity index (χ3n) is 4.26. The highest BCUT2D eigenvalue weighted by Crippen LogP contribution is 2.29. The molecular formula is C16H25NO. The van der Waals surface area contributed by atoms with Gasteiger partial charge in [-0.05, 0) is 57.4 Å². The van der Waals surface area contributed by atoms with Crippen LogP contribution in [0.2, 0.25) is 0 Å². The summed E-state index contributed by atoms with van der Waals surface area (Å²) in [6.45, 7) is 8.45. The number of piperidine rings is 1. The molecule has 2 nitrogen and oxygen atoms in total. The number of hydrogen-bond donors (Lipinski definition) is 1. The minimum absolute atomic E-state index is 0.503. The second kappa shape index (κ2) is 5.02. The normalized spacial score (nSPS) is 20.1. The van der Waals surface area contributed by atoms with Crippen LogP contribution in [0.4, 0.5) is 0 Å². The molecule has 2 heteroatoms. The number of benzene rings is 1. The standard InChI is InChI=1S/C16H25NO/c1-12-9-13(2)15(14(3)10-12)11-16(18)5-7-17(4)8-6-16/h9-10,18H,5-8,11H2,1-4H3. The van der Waals surface area contributed by atoms with Crippen LogP contribution >= 0.6 is 0 Å². The maximum Gasteiger partial charge on any atom is 0.0712 e. The van der Waals surface area contributed by atoms with Gasteiger partial charge in [-0.3, -0.25) is 0 Å². The molecule has 1 fully saturated rings. The fourth-order valence-electron chi connectivity index (χ4n) is 3.03. The summed E-state index contributed by atoms with van der Waals surface area (Å²) in [6.07, 6.45) is 2.57. The minimum Gasteiger partial charge on any atom is -0.389 e. The van der Waals surface area contributed by atoms with Crippen LogP contribution in [0.5, 0.6) is 0 Å². The SMILES string of the molecule is Cc1cc(C)c(CC2(O)CCN(C)CC2)c(C)c1. The molecule has 1 aromatic rings. The lowest BCUT2D eigenvalue weighted by Gasteiger charge is -2.37. The highest BCUT2D eigenvalue weighted by atomic mass is 16.3. The number of nitrogens with zero attached hydrogens (tertiary/aromatic N) is 1. The Morgan fingerprint density at radius 1 is 1.11 bits per heavy atom. The molecule has 0 spiro atoms. The summed E-state index contributed by atoms with van der Waals surface area (Å²) in [5.41, 5.74) is 4.79. The van der Waals surface area contributed by atoms with Gasteiger partial charge in [0.25, 0.3) is 0 Å². The van der Waals surface area contributed by atoms with E-state index in [9.17, 15) is 5.11 Å². The number of aliphatic hydroxyl groups is 1. The predicted octanol–water partition coefficient (Wildman–Crippen LogP) is 2.61. The smallest absolute Gasteiger partial charge is 0.0712 e. The van der Waals surface area contributed by atoms with Gasteiger partial charge in [-0.2, -0.15) is 0 Å². The Morgan fingerprint density at radius 3 is 2.11 bits per heavy atom. The van der Waals surface area contributed by atoms with E-state index >= 15 is 0 Å². The van der Waals surface area contributed by atoms with Gasteiger partial charge in [0.2, 0.25) is 0 Å². The van der Waals surface area contributed by atoms with Gasteiger partial charge >= 0.3 is 0 Å². The first-order chi connectivity index (χ1) is 8.39. The van der Waals surface area contributed by atoms with Crippen LogP contribution in [0, 0.1) is 20.8 Å². The van der Waals surface area contributed by atoms with E-state index in [2.05, 4.69) is 44.9 Å². The fraction of sp³-hybridized carbons (Fsp3) is 0.625. The van der Waals surface area contributed by atoms with Crippen molar-refractivity contribution < 1.29 is 5.11 Å². The second-order valence-electron chi connectivity index (χ2n) is 6.08. The van der Waals surface area contributed by atoms with Crippen LogP contribution < -0.4 is 0 Å². The molecule has 1 aliphatic rings. The Bertz CT molecular complexity index is 408. The van der Waals surface area contributed by atoms with E-state index in [0.29, 0.717) is 0 Å². The van der Waals surface area contributed by atoms with E-state index in [1.165, 1.54) is 22.3 Å². The summed E-state index contributed by atoms with van der Waals surface area (Å²) in [5.74, 6) is 0. The van der Waals surface area contributed by atoms with Gasteiger partial charge in [0.1, 0.15) is 0 Å². The van der Waals surface area contributed by atoms with Crippen molar-refractivity contribution in [3.05, 3.63) is 34.4 Å². The van der Waals surface area contributed by atoms with Gasteiger partial charge in [0.05, 0.1) is 5.60 Å². The molecule has 0 amide bonds. The van der Waals surface area contributed by atoms with E-state index in [-0.39, 0.29) is 0 Å². The van der Waals surface area contributed by atoms with E-state index < -0.39 is 5.60 Å². The zero-order valence-corrected chi connectivity index (χ0v) is 12.1.